The van der Waals surface area contributed by atoms with Crippen LogP contribution >= 0.6 is 0 Å². The van der Waals surface area contributed by atoms with Crippen molar-refractivity contribution in [2.45, 2.75) is 0 Å². The number of aromatic hydroxyl groups is 1. The van der Waals surface area contributed by atoms with Crippen LogP contribution in [0.5, 0.6) is 11.5 Å². The molecule has 1 aromatic carbocycles. The number of phenols is 1. The number of rotatable bonds is 3. The maximum Gasteiger partial charge on any atom is 0.341 e. The molecule has 0 unspecified atom stereocenters. The molecular weight excluding hydrogens is 228 g/mol. The molecule has 0 aliphatic carbocycles. The van der Waals surface area contributed by atoms with Crippen LogP contribution in [0.1, 0.15) is 0 Å². The predicted molar refractivity (Wildman–Crippen MR) is 59.3 cm³/mol. The number of hydrogen-bond acceptors (Lipinski definition) is 7. The third-order valence-corrected chi connectivity index (χ3v) is 1.99. The molecule has 0 spiro atoms. The molecule has 8 nitrogen and oxygen atoms in total. The number of carboxylic acids is 1. The molecule has 2 rings (SSSR count). The van der Waals surface area contributed by atoms with Gasteiger partial charge in [-0.25, -0.2) is 9.79 Å². The van der Waals surface area contributed by atoms with E-state index < -0.39 is 12.6 Å². The van der Waals surface area contributed by atoms with E-state index in [-0.39, 0.29) is 17.5 Å². The largest absolute Gasteiger partial charge is 0.504 e. The molecular formula is C9H10N4O4. The molecule has 0 bridgehead atoms. The summed E-state index contributed by atoms with van der Waals surface area (Å²) in [5.74, 6) is -1.12. The molecule has 0 fully saturated rings. The van der Waals surface area contributed by atoms with Crippen LogP contribution in [0.15, 0.2) is 17.1 Å². The fourth-order valence-electron chi connectivity index (χ4n) is 1.29. The van der Waals surface area contributed by atoms with Gasteiger partial charge in [-0.2, -0.15) is 0 Å². The van der Waals surface area contributed by atoms with E-state index >= 15 is 0 Å². The highest BCUT2D eigenvalue weighted by atomic mass is 16.5. The molecule has 0 aromatic heterocycles. The fraction of sp³-hybridized carbons (Fsp3) is 0.111. The SMILES string of the molecule is NC1=Nc2cc(O)c(OCC(=O)O)cc2NN1. The number of carboxylic acid groups (broad SMARTS) is 1. The summed E-state index contributed by atoms with van der Waals surface area (Å²) in [6.07, 6.45) is 0. The molecule has 0 radical (unpaired) electrons. The number of fused-ring (bicyclic) bond motifs is 1. The number of hydrogen-bond donors (Lipinski definition) is 5. The number of aliphatic carboxylic acids is 1. The Kier molecular flexibility index (Phi) is 2.61. The van der Waals surface area contributed by atoms with Gasteiger partial charge in [-0.1, -0.05) is 0 Å². The van der Waals surface area contributed by atoms with E-state index in [4.69, 9.17) is 15.6 Å². The Labute approximate surface area is 95.7 Å². The summed E-state index contributed by atoms with van der Waals surface area (Å²) in [7, 11) is 0. The number of carbonyl (C=O) groups is 1. The summed E-state index contributed by atoms with van der Waals surface area (Å²) in [5.41, 5.74) is 11.7. The maximum absolute atomic E-state index is 10.3. The van der Waals surface area contributed by atoms with Crippen LogP contribution in [0.4, 0.5) is 11.4 Å². The van der Waals surface area contributed by atoms with Crippen molar-refractivity contribution in [3.8, 4) is 11.5 Å². The number of nitrogens with two attached hydrogens (primary N) is 1. The van der Waals surface area contributed by atoms with E-state index in [1.54, 1.807) is 0 Å². The summed E-state index contributed by atoms with van der Waals surface area (Å²) in [6, 6.07) is 2.75. The quantitative estimate of drug-likeness (QED) is 0.458. The molecule has 0 saturated carbocycles. The fourth-order valence-corrected chi connectivity index (χ4v) is 1.29. The van der Waals surface area contributed by atoms with Crippen molar-refractivity contribution in [1.82, 2.24) is 5.43 Å². The zero-order chi connectivity index (χ0) is 12.4. The highest BCUT2D eigenvalue weighted by Gasteiger charge is 2.14. The smallest absolute Gasteiger partial charge is 0.341 e. The third kappa shape index (κ3) is 2.30. The molecule has 8 heteroatoms. The van der Waals surface area contributed by atoms with Crippen LogP contribution in [-0.2, 0) is 4.79 Å². The standard InChI is InChI=1S/C9H10N4O4/c10-9-11-4-1-6(14)7(17-3-8(15)16)2-5(4)12-13-9/h1-2,12,14H,3H2,(H,15,16)(H3,10,11,13). The van der Waals surface area contributed by atoms with Gasteiger partial charge >= 0.3 is 5.97 Å². The molecule has 1 aliphatic rings. The Hall–Kier alpha value is -2.64. The highest BCUT2D eigenvalue weighted by molar-refractivity contribution is 5.89. The first-order valence-electron chi connectivity index (χ1n) is 4.64. The van der Waals surface area contributed by atoms with Crippen molar-refractivity contribution < 1.29 is 19.7 Å². The Bertz CT molecular complexity index is 500. The Morgan fingerprint density at radius 1 is 1.47 bits per heavy atom. The summed E-state index contributed by atoms with van der Waals surface area (Å²) < 4.78 is 4.89. The zero-order valence-corrected chi connectivity index (χ0v) is 8.60. The van der Waals surface area contributed by atoms with Crippen LogP contribution < -0.4 is 21.3 Å². The summed E-state index contributed by atoms with van der Waals surface area (Å²) in [4.78, 5) is 14.3. The van der Waals surface area contributed by atoms with Gasteiger partial charge in [-0.3, -0.25) is 10.9 Å². The first-order valence-corrected chi connectivity index (χ1v) is 4.64. The van der Waals surface area contributed by atoms with E-state index in [2.05, 4.69) is 15.8 Å². The number of guanidine groups is 1. The average Bonchev–Trinajstić information content (AvgIpc) is 2.26. The Morgan fingerprint density at radius 2 is 2.24 bits per heavy atom. The minimum Gasteiger partial charge on any atom is -0.504 e. The lowest BCUT2D eigenvalue weighted by atomic mass is 10.2. The second-order valence-electron chi connectivity index (χ2n) is 3.27. The highest BCUT2D eigenvalue weighted by Crippen LogP contribution is 2.38. The maximum atomic E-state index is 10.3. The molecule has 0 saturated heterocycles. The summed E-state index contributed by atoms with van der Waals surface area (Å²) in [5, 5.41) is 18.1. The van der Waals surface area contributed by atoms with Crippen molar-refractivity contribution in [1.29, 1.82) is 0 Å². The molecule has 6 N–H and O–H groups in total. The lowest BCUT2D eigenvalue weighted by Crippen LogP contribution is -2.37. The topological polar surface area (TPSA) is 129 Å². The normalized spacial score (nSPS) is 12.8. The molecule has 1 aliphatic heterocycles. The van der Waals surface area contributed by atoms with Crippen LogP contribution in [0.25, 0.3) is 0 Å². The summed E-state index contributed by atoms with van der Waals surface area (Å²) >= 11 is 0. The molecule has 1 heterocycles. The monoisotopic (exact) mass is 238 g/mol. The predicted octanol–water partition coefficient (Wildman–Crippen LogP) is -0.268. The zero-order valence-electron chi connectivity index (χ0n) is 8.60. The van der Waals surface area contributed by atoms with E-state index in [0.717, 1.165) is 0 Å². The van der Waals surface area contributed by atoms with Gasteiger partial charge in [-0.15, -0.1) is 0 Å². The van der Waals surface area contributed by atoms with Crippen LogP contribution in [-0.4, -0.2) is 28.7 Å². The number of phenolic OH excluding ortho intramolecular Hbond substituents is 1. The van der Waals surface area contributed by atoms with Gasteiger partial charge in [0.05, 0.1) is 11.4 Å². The molecule has 90 valence electrons. The van der Waals surface area contributed by atoms with Gasteiger partial charge in [0.1, 0.15) is 0 Å². The van der Waals surface area contributed by atoms with Gasteiger partial charge in [0, 0.05) is 12.1 Å². The number of nitrogens with zero attached hydrogens (tertiary/aromatic N) is 1. The Morgan fingerprint density at radius 3 is 2.94 bits per heavy atom. The van der Waals surface area contributed by atoms with Crippen molar-refractivity contribution >= 4 is 23.3 Å². The minimum absolute atomic E-state index is 0.0520. The number of aliphatic imine (C=N–C) groups is 1. The second-order valence-corrected chi connectivity index (χ2v) is 3.27. The first kappa shape index (κ1) is 10.9. The molecule has 17 heavy (non-hydrogen) atoms. The summed E-state index contributed by atoms with van der Waals surface area (Å²) in [6.45, 7) is -0.537. The van der Waals surface area contributed by atoms with Crippen molar-refractivity contribution in [3.63, 3.8) is 0 Å². The lowest BCUT2D eigenvalue weighted by molar-refractivity contribution is -0.139. The lowest BCUT2D eigenvalue weighted by Gasteiger charge is -2.18. The number of nitrogens with one attached hydrogen (secondary N) is 2. The van der Waals surface area contributed by atoms with Crippen molar-refractivity contribution in [2.75, 3.05) is 12.0 Å². The molecule has 0 atom stereocenters. The van der Waals surface area contributed by atoms with Gasteiger partial charge in [0.25, 0.3) is 0 Å². The van der Waals surface area contributed by atoms with Crippen LogP contribution in [0, 0.1) is 0 Å². The van der Waals surface area contributed by atoms with Gasteiger partial charge in [-0.05, 0) is 0 Å². The van der Waals surface area contributed by atoms with Crippen LogP contribution in [0.2, 0.25) is 0 Å². The Balaban J connectivity index is 2.28. The third-order valence-electron chi connectivity index (χ3n) is 1.99. The van der Waals surface area contributed by atoms with Gasteiger partial charge < -0.3 is 20.7 Å². The number of benzene rings is 1. The van der Waals surface area contributed by atoms with Crippen molar-refractivity contribution in [3.05, 3.63) is 12.1 Å². The van der Waals surface area contributed by atoms with E-state index in [1.165, 1.54) is 12.1 Å². The van der Waals surface area contributed by atoms with Crippen LogP contribution in [0.3, 0.4) is 0 Å². The molecule has 1 aromatic rings. The first-order chi connectivity index (χ1) is 8.06. The number of hydrazine groups is 1. The minimum atomic E-state index is -1.13. The second kappa shape index (κ2) is 4.08. The van der Waals surface area contributed by atoms with E-state index in [0.29, 0.717) is 11.4 Å². The van der Waals surface area contributed by atoms with E-state index in [1.807, 2.05) is 0 Å². The van der Waals surface area contributed by atoms with Gasteiger partial charge in [0.2, 0.25) is 5.96 Å². The number of anilines is 1. The van der Waals surface area contributed by atoms with E-state index in [9.17, 15) is 9.90 Å². The van der Waals surface area contributed by atoms with Crippen molar-refractivity contribution in [2.24, 2.45) is 10.7 Å². The molecule has 0 amide bonds. The average molecular weight is 238 g/mol. The van der Waals surface area contributed by atoms with Gasteiger partial charge in [0.15, 0.2) is 18.1 Å². The number of ether oxygens (including phenoxy) is 1.